The van der Waals surface area contributed by atoms with Crippen molar-refractivity contribution in [2.24, 2.45) is 0 Å². The summed E-state index contributed by atoms with van der Waals surface area (Å²) in [5, 5.41) is 5.54. The van der Waals surface area contributed by atoms with Gasteiger partial charge in [0, 0.05) is 24.4 Å². The van der Waals surface area contributed by atoms with E-state index in [-0.39, 0.29) is 18.0 Å². The zero-order chi connectivity index (χ0) is 19.5. The number of ether oxygens (including phenoxy) is 2. The average molecular weight is 383 g/mol. The van der Waals surface area contributed by atoms with E-state index < -0.39 is 17.5 Å². The fraction of sp³-hybridized carbons (Fsp3) is 0.100. The highest BCUT2D eigenvalue weighted by atomic mass is 19.1. The molecule has 0 unspecified atom stereocenters. The fourth-order valence-electron chi connectivity index (χ4n) is 2.70. The van der Waals surface area contributed by atoms with E-state index in [4.69, 9.17) is 9.47 Å². The third kappa shape index (κ3) is 3.85. The van der Waals surface area contributed by atoms with Crippen LogP contribution in [0, 0.1) is 11.6 Å². The summed E-state index contributed by atoms with van der Waals surface area (Å²) in [6, 6.07) is 11.6. The first kappa shape index (κ1) is 17.7. The molecule has 1 aliphatic rings. The van der Waals surface area contributed by atoms with E-state index in [1.165, 1.54) is 18.3 Å². The molecule has 1 amide bonds. The molecule has 1 aliphatic heterocycles. The Hall–Kier alpha value is -3.68. The number of hydrogen-bond donors (Lipinski definition) is 2. The number of anilines is 2. The summed E-state index contributed by atoms with van der Waals surface area (Å²) < 4.78 is 37.3. The number of carbonyl (C=O) groups is 1. The summed E-state index contributed by atoms with van der Waals surface area (Å²) >= 11 is 0. The minimum atomic E-state index is -0.844. The van der Waals surface area contributed by atoms with Gasteiger partial charge in [-0.05, 0) is 42.0 Å². The van der Waals surface area contributed by atoms with E-state index >= 15 is 0 Å². The van der Waals surface area contributed by atoms with Crippen LogP contribution < -0.4 is 20.1 Å². The highest BCUT2D eigenvalue weighted by Gasteiger charge is 2.14. The van der Waals surface area contributed by atoms with Gasteiger partial charge in [0.1, 0.15) is 17.5 Å². The summed E-state index contributed by atoms with van der Waals surface area (Å²) in [5.41, 5.74) is 1.14. The van der Waals surface area contributed by atoms with Gasteiger partial charge < -0.3 is 20.1 Å². The van der Waals surface area contributed by atoms with Gasteiger partial charge >= 0.3 is 0 Å². The van der Waals surface area contributed by atoms with E-state index in [9.17, 15) is 13.6 Å². The molecule has 2 aromatic carbocycles. The van der Waals surface area contributed by atoms with Gasteiger partial charge in [0.2, 0.25) is 6.79 Å². The molecule has 0 bridgehead atoms. The van der Waals surface area contributed by atoms with E-state index in [1.54, 1.807) is 6.07 Å². The first-order chi connectivity index (χ1) is 13.6. The number of halogens is 2. The van der Waals surface area contributed by atoms with Gasteiger partial charge in [0.15, 0.2) is 11.5 Å². The highest BCUT2D eigenvalue weighted by molar-refractivity contribution is 6.04. The fourth-order valence-corrected chi connectivity index (χ4v) is 2.70. The first-order valence-corrected chi connectivity index (χ1v) is 8.43. The summed E-state index contributed by atoms with van der Waals surface area (Å²) in [5.74, 6) is -0.225. The number of rotatable bonds is 5. The SMILES string of the molecule is O=C(Nc1ccc(F)cc1F)c1ccnc(NCc2ccc3c(c2)OCO3)c1. The van der Waals surface area contributed by atoms with Crippen molar-refractivity contribution in [2.45, 2.75) is 6.54 Å². The molecule has 2 heterocycles. The maximum atomic E-state index is 13.7. The first-order valence-electron chi connectivity index (χ1n) is 8.43. The number of benzene rings is 2. The highest BCUT2D eigenvalue weighted by Crippen LogP contribution is 2.32. The number of hydrogen-bond acceptors (Lipinski definition) is 5. The average Bonchev–Trinajstić information content (AvgIpc) is 3.16. The number of carbonyl (C=O) groups excluding carboxylic acids is 1. The molecule has 0 saturated carbocycles. The van der Waals surface area contributed by atoms with Gasteiger partial charge in [0.25, 0.3) is 5.91 Å². The lowest BCUT2D eigenvalue weighted by molar-refractivity contribution is 0.102. The molecule has 0 radical (unpaired) electrons. The van der Waals surface area contributed by atoms with Crippen molar-refractivity contribution in [3.05, 3.63) is 77.5 Å². The van der Waals surface area contributed by atoms with Crippen LogP contribution in [-0.2, 0) is 6.54 Å². The molecule has 0 spiro atoms. The predicted octanol–water partition coefficient (Wildman–Crippen LogP) is 3.95. The van der Waals surface area contributed by atoms with Crippen molar-refractivity contribution in [1.29, 1.82) is 0 Å². The topological polar surface area (TPSA) is 72.5 Å². The standard InChI is InChI=1S/C20H15F2N3O3/c21-14-2-3-16(15(22)9-14)25-20(26)13-5-6-23-19(8-13)24-10-12-1-4-17-18(7-12)28-11-27-17/h1-9H,10-11H2,(H,23,24)(H,25,26). The Balaban J connectivity index is 1.43. The maximum absolute atomic E-state index is 13.7. The van der Waals surface area contributed by atoms with Gasteiger partial charge in [0.05, 0.1) is 5.69 Å². The minimum Gasteiger partial charge on any atom is -0.454 e. The second kappa shape index (κ2) is 7.51. The lowest BCUT2D eigenvalue weighted by atomic mass is 10.2. The smallest absolute Gasteiger partial charge is 0.255 e. The van der Waals surface area contributed by atoms with Crippen LogP contribution in [0.5, 0.6) is 11.5 Å². The van der Waals surface area contributed by atoms with E-state index in [1.807, 2.05) is 18.2 Å². The molecule has 0 saturated heterocycles. The molecule has 0 aliphatic carbocycles. The van der Waals surface area contributed by atoms with Gasteiger partial charge in [-0.2, -0.15) is 0 Å². The second-order valence-corrected chi connectivity index (χ2v) is 6.05. The van der Waals surface area contributed by atoms with E-state index in [0.29, 0.717) is 29.9 Å². The molecule has 0 fully saturated rings. The van der Waals surface area contributed by atoms with Crippen LogP contribution in [0.3, 0.4) is 0 Å². The van der Waals surface area contributed by atoms with Gasteiger partial charge in [-0.25, -0.2) is 13.8 Å². The largest absolute Gasteiger partial charge is 0.454 e. The number of nitrogens with one attached hydrogen (secondary N) is 2. The number of amides is 1. The molecular weight excluding hydrogens is 368 g/mol. The third-order valence-corrected chi connectivity index (χ3v) is 4.11. The summed E-state index contributed by atoms with van der Waals surface area (Å²) in [6.07, 6.45) is 1.47. The normalized spacial score (nSPS) is 11.9. The summed E-state index contributed by atoms with van der Waals surface area (Å²) in [6.45, 7) is 0.668. The molecule has 142 valence electrons. The van der Waals surface area contributed by atoms with Crippen LogP contribution in [0.2, 0.25) is 0 Å². The Morgan fingerprint density at radius 2 is 1.89 bits per heavy atom. The number of aromatic nitrogens is 1. The quantitative estimate of drug-likeness (QED) is 0.698. The van der Waals surface area contributed by atoms with Crippen molar-refractivity contribution in [1.82, 2.24) is 4.98 Å². The Morgan fingerprint density at radius 3 is 2.75 bits per heavy atom. The van der Waals surface area contributed by atoms with E-state index in [2.05, 4.69) is 15.6 Å². The van der Waals surface area contributed by atoms with Crippen molar-refractivity contribution in [3.63, 3.8) is 0 Å². The molecule has 4 rings (SSSR count). The van der Waals surface area contributed by atoms with Crippen molar-refractivity contribution in [2.75, 3.05) is 17.4 Å². The van der Waals surface area contributed by atoms with Gasteiger partial charge in [-0.3, -0.25) is 4.79 Å². The zero-order valence-corrected chi connectivity index (χ0v) is 14.5. The van der Waals surface area contributed by atoms with Crippen molar-refractivity contribution >= 4 is 17.4 Å². The van der Waals surface area contributed by atoms with Crippen LogP contribution in [0.4, 0.5) is 20.3 Å². The van der Waals surface area contributed by atoms with Crippen LogP contribution >= 0.6 is 0 Å². The minimum absolute atomic E-state index is 0.0990. The lowest BCUT2D eigenvalue weighted by Crippen LogP contribution is -2.14. The molecule has 0 atom stereocenters. The maximum Gasteiger partial charge on any atom is 0.255 e. The number of nitrogens with zero attached hydrogens (tertiary/aromatic N) is 1. The van der Waals surface area contributed by atoms with Gasteiger partial charge in [-0.1, -0.05) is 6.07 Å². The Labute approximate surface area is 159 Å². The molecule has 1 aromatic heterocycles. The zero-order valence-electron chi connectivity index (χ0n) is 14.5. The number of pyridine rings is 1. The summed E-state index contributed by atoms with van der Waals surface area (Å²) in [4.78, 5) is 16.5. The monoisotopic (exact) mass is 383 g/mol. The van der Waals surface area contributed by atoms with Crippen LogP contribution in [0.25, 0.3) is 0 Å². The van der Waals surface area contributed by atoms with Crippen LogP contribution in [0.15, 0.2) is 54.7 Å². The lowest BCUT2D eigenvalue weighted by Gasteiger charge is -2.09. The van der Waals surface area contributed by atoms with Crippen molar-refractivity contribution in [3.8, 4) is 11.5 Å². The summed E-state index contributed by atoms with van der Waals surface area (Å²) in [7, 11) is 0. The molecular formula is C20H15F2N3O3. The number of fused-ring (bicyclic) bond motifs is 1. The molecule has 2 N–H and O–H groups in total. The third-order valence-electron chi connectivity index (χ3n) is 4.11. The van der Waals surface area contributed by atoms with Crippen LogP contribution in [0.1, 0.15) is 15.9 Å². The Bertz CT molecular complexity index is 1040. The van der Waals surface area contributed by atoms with Crippen molar-refractivity contribution < 1.29 is 23.0 Å². The molecule has 28 heavy (non-hydrogen) atoms. The van der Waals surface area contributed by atoms with Gasteiger partial charge in [-0.15, -0.1) is 0 Å². The second-order valence-electron chi connectivity index (χ2n) is 6.05. The predicted molar refractivity (Wildman–Crippen MR) is 98.4 cm³/mol. The molecule has 6 nitrogen and oxygen atoms in total. The Morgan fingerprint density at radius 1 is 1.04 bits per heavy atom. The molecule has 3 aromatic rings. The molecule has 8 heteroatoms. The Kier molecular flexibility index (Phi) is 4.76. The van der Waals surface area contributed by atoms with E-state index in [0.717, 1.165) is 11.6 Å². The van der Waals surface area contributed by atoms with Crippen LogP contribution in [-0.4, -0.2) is 17.7 Å².